The normalized spacial score (nSPS) is 14.1. The number of halogens is 7. The minimum absolute atomic E-state index is 0.00272. The van der Waals surface area contributed by atoms with Gasteiger partial charge < -0.3 is 48.4 Å². The lowest BCUT2D eigenvalue weighted by molar-refractivity contribution is -0.141. The van der Waals surface area contributed by atoms with Crippen molar-refractivity contribution in [3.63, 3.8) is 0 Å². The highest BCUT2D eigenvalue weighted by Gasteiger charge is 2.51. The highest BCUT2D eigenvalue weighted by Crippen LogP contribution is 2.37. The number of hydrogen-bond acceptors (Lipinski definition) is 18. The van der Waals surface area contributed by atoms with Gasteiger partial charge in [0.05, 0.1) is 50.8 Å². The Hall–Kier alpha value is -8.03. The van der Waals surface area contributed by atoms with Crippen LogP contribution in [0, 0.1) is 0 Å². The number of anilines is 2. The standard InChI is InChI=1S/C23H20F3N3O5.C19H20BF3O3.C10H12ClN3O4/c1-13(21(30)32-2)27-19-12-18(22(31)33-3)28-20(29-19)14-4-8-16(9-5-14)34-17-10-6-15(7-11-17)23(24,25)26;1-17(2)18(3,4)26-20(25-17)14-7-11-16(12-8-14)24-15-9-5-13(6-10-15)19(21,22)23;1-5(8(15)17-2)12-7-4-6(9(16)18-3)13-10(11)14-7/h4-13H,1-3H3,(H,27,28,29);5-12H,1-4H3;4-5H,1-3H3,(H,12,13,14)/t13-;;5-/m0.0/s1. The molecule has 2 atom stereocenters. The van der Waals surface area contributed by atoms with Crippen LogP contribution in [-0.4, -0.2) is 103 Å². The first-order valence-electron chi connectivity index (χ1n) is 23.1. The average Bonchev–Trinajstić information content (AvgIpc) is 3.63. The van der Waals surface area contributed by atoms with E-state index in [1.165, 1.54) is 64.8 Å². The molecule has 1 fully saturated rings. The van der Waals surface area contributed by atoms with Crippen molar-refractivity contribution in [1.82, 2.24) is 19.9 Å². The Balaban J connectivity index is 0.000000226. The molecule has 2 aromatic heterocycles. The Bertz CT molecular complexity index is 3010. The Morgan fingerprint density at radius 3 is 1.27 bits per heavy atom. The molecule has 1 aliphatic heterocycles. The molecule has 2 N–H and O–H groups in total. The zero-order valence-electron chi connectivity index (χ0n) is 43.5. The first-order valence-corrected chi connectivity index (χ1v) is 23.5. The van der Waals surface area contributed by atoms with Crippen LogP contribution in [0.4, 0.5) is 38.0 Å². The number of carbonyl (C=O) groups excluding carboxylic acids is 4. The second-order valence-electron chi connectivity index (χ2n) is 17.6. The molecule has 414 valence electrons. The van der Waals surface area contributed by atoms with Gasteiger partial charge in [-0.3, -0.25) is 0 Å². The molecule has 1 saturated heterocycles. The number of esters is 4. The summed E-state index contributed by atoms with van der Waals surface area (Å²) in [5.74, 6) is -0.281. The van der Waals surface area contributed by atoms with E-state index in [-0.39, 0.29) is 39.9 Å². The van der Waals surface area contributed by atoms with Crippen LogP contribution in [0.15, 0.2) is 109 Å². The first-order chi connectivity index (χ1) is 36.6. The fourth-order valence-corrected chi connectivity index (χ4v) is 6.70. The summed E-state index contributed by atoms with van der Waals surface area (Å²) in [5, 5.41) is 5.45. The topological polar surface area (TPSA) is 218 Å². The maximum absolute atomic E-state index is 12.7. The number of ether oxygens (including phenoxy) is 6. The van der Waals surface area contributed by atoms with Crippen LogP contribution >= 0.6 is 11.6 Å². The molecule has 4 aromatic carbocycles. The third-order valence-electron chi connectivity index (χ3n) is 11.4. The van der Waals surface area contributed by atoms with Crippen molar-refractivity contribution in [2.24, 2.45) is 0 Å². The molecule has 0 amide bonds. The van der Waals surface area contributed by atoms with Crippen molar-refractivity contribution >= 4 is 59.7 Å². The van der Waals surface area contributed by atoms with Crippen molar-refractivity contribution in [2.75, 3.05) is 39.1 Å². The van der Waals surface area contributed by atoms with E-state index in [4.69, 9.17) is 35.1 Å². The largest absolute Gasteiger partial charge is 0.494 e. The van der Waals surface area contributed by atoms with E-state index in [1.54, 1.807) is 50.2 Å². The molecular weight excluding hydrogens is 1060 g/mol. The van der Waals surface area contributed by atoms with Gasteiger partial charge in [0, 0.05) is 17.7 Å². The molecule has 0 bridgehead atoms. The number of nitrogens with zero attached hydrogens (tertiary/aromatic N) is 4. The molecule has 7 rings (SSSR count). The van der Waals surface area contributed by atoms with Gasteiger partial charge in [0.2, 0.25) is 5.28 Å². The summed E-state index contributed by atoms with van der Waals surface area (Å²) in [6.45, 7) is 11.1. The minimum Gasteiger partial charge on any atom is -0.467 e. The van der Waals surface area contributed by atoms with Crippen LogP contribution in [0.25, 0.3) is 11.4 Å². The Morgan fingerprint density at radius 1 is 0.538 bits per heavy atom. The van der Waals surface area contributed by atoms with Crippen LogP contribution < -0.4 is 25.6 Å². The van der Waals surface area contributed by atoms with E-state index in [0.717, 1.165) is 29.7 Å². The average molecular weight is 1110 g/mol. The van der Waals surface area contributed by atoms with E-state index in [9.17, 15) is 45.5 Å². The van der Waals surface area contributed by atoms with Gasteiger partial charge in [0.25, 0.3) is 0 Å². The van der Waals surface area contributed by atoms with E-state index in [1.807, 2.05) is 39.8 Å². The fraction of sp³-hybridized carbons (Fsp3) is 0.308. The number of alkyl halides is 6. The lowest BCUT2D eigenvalue weighted by Crippen LogP contribution is -2.41. The number of carbonyl (C=O) groups is 4. The molecular formula is C52H52BClF6N6O12. The number of nitrogens with one attached hydrogen (secondary N) is 2. The van der Waals surface area contributed by atoms with Crippen LogP contribution in [0.3, 0.4) is 0 Å². The molecule has 1 aliphatic rings. The van der Waals surface area contributed by atoms with Crippen LogP contribution in [-0.2, 0) is 50.2 Å². The van der Waals surface area contributed by atoms with Crippen molar-refractivity contribution in [3.05, 3.63) is 137 Å². The number of hydrogen-bond donors (Lipinski definition) is 2. The zero-order valence-corrected chi connectivity index (χ0v) is 44.2. The number of benzene rings is 4. The monoisotopic (exact) mass is 1110 g/mol. The zero-order chi connectivity index (χ0) is 57.8. The molecule has 0 saturated carbocycles. The Labute approximate surface area is 449 Å². The van der Waals surface area contributed by atoms with Gasteiger partial charge in [-0.05, 0) is 144 Å². The predicted octanol–water partition coefficient (Wildman–Crippen LogP) is 10.4. The van der Waals surface area contributed by atoms with Gasteiger partial charge in [0.1, 0.15) is 46.7 Å². The second kappa shape index (κ2) is 25.9. The quantitative estimate of drug-likeness (QED) is 0.0341. The molecule has 26 heteroatoms. The van der Waals surface area contributed by atoms with E-state index < -0.39 is 77.8 Å². The maximum atomic E-state index is 12.7. The number of methoxy groups -OCH3 is 4. The number of aromatic nitrogens is 4. The van der Waals surface area contributed by atoms with Crippen molar-refractivity contribution in [3.8, 4) is 34.4 Å². The van der Waals surface area contributed by atoms with E-state index >= 15 is 0 Å². The summed E-state index contributed by atoms with van der Waals surface area (Å²) in [4.78, 5) is 62.4. The molecule has 78 heavy (non-hydrogen) atoms. The summed E-state index contributed by atoms with van der Waals surface area (Å²) >= 11 is 5.66. The highest BCUT2D eigenvalue weighted by atomic mass is 35.5. The summed E-state index contributed by atoms with van der Waals surface area (Å²) < 4.78 is 117. The maximum Gasteiger partial charge on any atom is 0.494 e. The summed E-state index contributed by atoms with van der Waals surface area (Å²) in [6.07, 6.45) is -8.79. The first kappa shape index (κ1) is 60.8. The lowest BCUT2D eigenvalue weighted by Gasteiger charge is -2.32. The Morgan fingerprint density at radius 2 is 0.897 bits per heavy atom. The highest BCUT2D eigenvalue weighted by molar-refractivity contribution is 6.62. The predicted molar refractivity (Wildman–Crippen MR) is 273 cm³/mol. The smallest absolute Gasteiger partial charge is 0.467 e. The minimum atomic E-state index is -4.43. The van der Waals surface area contributed by atoms with Crippen LogP contribution in [0.5, 0.6) is 23.0 Å². The summed E-state index contributed by atoms with van der Waals surface area (Å²) in [7, 11) is 4.48. The molecule has 3 heterocycles. The molecule has 0 unspecified atom stereocenters. The fourth-order valence-electron chi connectivity index (χ4n) is 6.52. The summed E-state index contributed by atoms with van der Waals surface area (Å²) in [5.41, 5.74) is -0.998. The van der Waals surface area contributed by atoms with Gasteiger partial charge in [-0.15, -0.1) is 0 Å². The van der Waals surface area contributed by atoms with Crippen LogP contribution in [0.2, 0.25) is 5.28 Å². The lowest BCUT2D eigenvalue weighted by atomic mass is 9.79. The van der Waals surface area contributed by atoms with Gasteiger partial charge >= 0.3 is 43.3 Å². The van der Waals surface area contributed by atoms with Gasteiger partial charge in [-0.25, -0.2) is 39.1 Å². The molecule has 0 radical (unpaired) electrons. The van der Waals surface area contributed by atoms with Crippen LogP contribution in [0.1, 0.15) is 73.6 Å². The molecule has 0 spiro atoms. The summed E-state index contributed by atoms with van der Waals surface area (Å²) in [6, 6.07) is 23.7. The van der Waals surface area contributed by atoms with Crippen molar-refractivity contribution in [1.29, 1.82) is 0 Å². The van der Waals surface area contributed by atoms with Crippen molar-refractivity contribution in [2.45, 2.75) is 77.2 Å². The van der Waals surface area contributed by atoms with Gasteiger partial charge in [-0.1, -0.05) is 12.1 Å². The van der Waals surface area contributed by atoms with E-state index in [2.05, 4.69) is 44.8 Å². The van der Waals surface area contributed by atoms with Gasteiger partial charge in [-0.2, -0.15) is 26.3 Å². The van der Waals surface area contributed by atoms with Gasteiger partial charge in [0.15, 0.2) is 17.2 Å². The molecule has 18 nitrogen and oxygen atoms in total. The third kappa shape index (κ3) is 16.7. The Kier molecular flexibility index (Phi) is 20.2. The molecule has 6 aromatic rings. The number of rotatable bonds is 14. The SMILES string of the molecule is CC1(C)OB(c2ccc(Oc3ccc(C(F)(F)F)cc3)cc2)OC1(C)C.COC(=O)c1cc(N[C@@H](C)C(=O)OC)nc(-c2ccc(Oc3ccc(C(F)(F)F)cc3)cc2)n1.COC(=O)c1cc(N[C@@H](C)C(=O)OC)nc(Cl)n1. The van der Waals surface area contributed by atoms with Crippen molar-refractivity contribution < 1.29 is 83.3 Å². The molecule has 0 aliphatic carbocycles. The van der Waals surface area contributed by atoms with E-state index in [0.29, 0.717) is 22.8 Å². The second-order valence-corrected chi connectivity index (χ2v) is 17.9. The third-order valence-corrected chi connectivity index (χ3v) is 11.6.